The molecule has 7 heteroatoms. The van der Waals surface area contributed by atoms with E-state index in [9.17, 15) is 14.7 Å². The maximum absolute atomic E-state index is 13.2. The number of rotatable bonds is 5. The number of benzene rings is 1. The minimum Gasteiger partial charge on any atom is -0.387 e. The summed E-state index contributed by atoms with van der Waals surface area (Å²) in [7, 11) is 2.00. The Morgan fingerprint density at radius 3 is 2.79 bits per heavy atom. The minimum atomic E-state index is -0.454. The molecule has 1 N–H and O–H groups in total. The minimum absolute atomic E-state index is 0.0667. The molecule has 1 fully saturated rings. The third-order valence-corrected chi connectivity index (χ3v) is 6.19. The summed E-state index contributed by atoms with van der Waals surface area (Å²) in [4.78, 5) is 28.9. The van der Waals surface area contributed by atoms with Crippen molar-refractivity contribution >= 4 is 17.5 Å². The molecule has 2 aliphatic rings. The highest BCUT2D eigenvalue weighted by atomic mass is 35.5. The van der Waals surface area contributed by atoms with Crippen LogP contribution in [0.4, 0.5) is 0 Å². The number of hydrogen-bond donors (Lipinski definition) is 1. The van der Waals surface area contributed by atoms with Crippen LogP contribution in [0.3, 0.4) is 0 Å². The highest BCUT2D eigenvalue weighted by Crippen LogP contribution is 2.35. The second-order valence-electron chi connectivity index (χ2n) is 8.26. The van der Waals surface area contributed by atoms with Crippen LogP contribution in [-0.4, -0.2) is 52.1 Å². The van der Waals surface area contributed by atoms with Crippen LogP contribution in [0.2, 0.25) is 5.02 Å². The molecule has 0 aliphatic carbocycles. The van der Waals surface area contributed by atoms with E-state index < -0.39 is 6.61 Å². The molecule has 2 aromatic rings. The van der Waals surface area contributed by atoms with Gasteiger partial charge in [0.25, 0.3) is 5.56 Å². The SMILES string of the molecule is CN(Cc1cccc(Cl)c1)Cc1ccc2n(c1=O)C[C@H]1C[C@@H]2CN(C(=O)CO)C1. The maximum Gasteiger partial charge on any atom is 0.255 e. The van der Waals surface area contributed by atoms with Crippen molar-refractivity contribution in [3.63, 3.8) is 0 Å². The second kappa shape index (κ2) is 8.30. The molecule has 1 aromatic heterocycles. The summed E-state index contributed by atoms with van der Waals surface area (Å²) in [5.41, 5.74) is 2.96. The Morgan fingerprint density at radius 2 is 2.03 bits per heavy atom. The molecule has 2 aliphatic heterocycles. The number of piperidine rings is 1. The van der Waals surface area contributed by atoms with Gasteiger partial charge in [0.05, 0.1) is 0 Å². The highest BCUT2D eigenvalue weighted by Gasteiger charge is 2.36. The van der Waals surface area contributed by atoms with E-state index >= 15 is 0 Å². The number of hydrogen-bond acceptors (Lipinski definition) is 4. The van der Waals surface area contributed by atoms with Gasteiger partial charge in [-0.3, -0.25) is 14.5 Å². The molecular weight excluding hydrogens is 390 g/mol. The zero-order valence-electron chi connectivity index (χ0n) is 16.6. The van der Waals surface area contributed by atoms with E-state index in [0.29, 0.717) is 37.7 Å². The van der Waals surface area contributed by atoms with Crippen LogP contribution in [0.5, 0.6) is 0 Å². The molecular formula is C22H26ClN3O3. The number of nitrogens with zero attached hydrogens (tertiary/aromatic N) is 3. The molecule has 0 radical (unpaired) electrons. The van der Waals surface area contributed by atoms with Crippen LogP contribution in [0, 0.1) is 5.92 Å². The van der Waals surface area contributed by atoms with Crippen LogP contribution in [0.25, 0.3) is 0 Å². The van der Waals surface area contributed by atoms with E-state index in [1.807, 2.05) is 48.0 Å². The molecule has 1 amide bonds. The average Bonchev–Trinajstić information content (AvgIpc) is 2.69. The average molecular weight is 416 g/mol. The number of aliphatic hydroxyl groups excluding tert-OH is 1. The van der Waals surface area contributed by atoms with E-state index in [0.717, 1.165) is 23.2 Å². The number of likely N-dealkylation sites (tertiary alicyclic amines) is 1. The molecule has 154 valence electrons. The Kier molecular flexibility index (Phi) is 5.76. The first kappa shape index (κ1) is 20.1. The summed E-state index contributed by atoms with van der Waals surface area (Å²) in [5, 5.41) is 9.89. The zero-order chi connectivity index (χ0) is 20.5. The fraction of sp³-hybridized carbons (Fsp3) is 0.455. The monoisotopic (exact) mass is 415 g/mol. The van der Waals surface area contributed by atoms with Crippen LogP contribution >= 0.6 is 11.6 Å². The standard InChI is InChI=1S/C22H26ClN3O3/c1-24(9-15-3-2-4-19(23)8-15)12-17-5-6-20-18-7-16(11-26(20)22(17)29)10-25(13-18)21(28)14-27/h2-6,8,16,18,27H,7,9-14H2,1H3/t16-,18+/m0/s1. The summed E-state index contributed by atoms with van der Waals surface area (Å²) < 4.78 is 1.90. The maximum atomic E-state index is 13.2. The normalized spacial score (nSPS) is 20.6. The van der Waals surface area contributed by atoms with E-state index in [1.54, 1.807) is 4.90 Å². The summed E-state index contributed by atoms with van der Waals surface area (Å²) in [5.74, 6) is 0.188. The van der Waals surface area contributed by atoms with Crippen molar-refractivity contribution in [2.75, 3.05) is 26.7 Å². The number of pyridine rings is 1. The van der Waals surface area contributed by atoms with E-state index in [-0.39, 0.29) is 23.3 Å². The number of fused-ring (bicyclic) bond motifs is 4. The lowest BCUT2D eigenvalue weighted by molar-refractivity contribution is -0.136. The predicted octanol–water partition coefficient (Wildman–Crippen LogP) is 2.07. The van der Waals surface area contributed by atoms with Crippen molar-refractivity contribution in [3.05, 3.63) is 68.6 Å². The molecule has 0 spiro atoms. The number of carbonyl (C=O) groups is 1. The van der Waals surface area contributed by atoms with Crippen molar-refractivity contribution in [1.29, 1.82) is 0 Å². The first-order valence-corrected chi connectivity index (χ1v) is 10.4. The van der Waals surface area contributed by atoms with Crippen molar-refractivity contribution in [3.8, 4) is 0 Å². The Hall–Kier alpha value is -2.15. The van der Waals surface area contributed by atoms with Crippen LogP contribution in [0.1, 0.15) is 29.2 Å². The molecule has 29 heavy (non-hydrogen) atoms. The molecule has 2 atom stereocenters. The summed E-state index contributed by atoms with van der Waals surface area (Å²) in [6.45, 7) is 2.64. The summed E-state index contributed by atoms with van der Waals surface area (Å²) in [6, 6.07) is 11.7. The van der Waals surface area contributed by atoms with E-state index in [4.69, 9.17) is 11.6 Å². The Labute approximate surface area is 175 Å². The summed E-state index contributed by atoms with van der Waals surface area (Å²) >= 11 is 6.07. The van der Waals surface area contributed by atoms with E-state index in [1.165, 1.54) is 0 Å². The van der Waals surface area contributed by atoms with Gasteiger partial charge in [-0.05, 0) is 43.1 Å². The lowest BCUT2D eigenvalue weighted by atomic mass is 9.83. The smallest absolute Gasteiger partial charge is 0.255 e. The van der Waals surface area contributed by atoms with Crippen LogP contribution < -0.4 is 5.56 Å². The van der Waals surface area contributed by atoms with Gasteiger partial charge in [-0.2, -0.15) is 0 Å². The lowest BCUT2D eigenvalue weighted by Crippen LogP contribution is -2.50. The molecule has 0 saturated carbocycles. The lowest BCUT2D eigenvalue weighted by Gasteiger charge is -2.42. The van der Waals surface area contributed by atoms with Gasteiger partial charge in [0.15, 0.2) is 0 Å². The van der Waals surface area contributed by atoms with Gasteiger partial charge in [0.2, 0.25) is 5.91 Å². The Balaban J connectivity index is 1.51. The van der Waals surface area contributed by atoms with Crippen LogP contribution in [-0.2, 0) is 24.4 Å². The third kappa shape index (κ3) is 4.25. The second-order valence-corrected chi connectivity index (χ2v) is 8.69. The zero-order valence-corrected chi connectivity index (χ0v) is 17.3. The number of amides is 1. The van der Waals surface area contributed by atoms with Crippen molar-refractivity contribution < 1.29 is 9.90 Å². The molecule has 1 aromatic carbocycles. The van der Waals surface area contributed by atoms with Gasteiger partial charge in [-0.1, -0.05) is 29.8 Å². The Morgan fingerprint density at radius 1 is 1.21 bits per heavy atom. The molecule has 3 heterocycles. The highest BCUT2D eigenvalue weighted by molar-refractivity contribution is 6.30. The van der Waals surface area contributed by atoms with Crippen molar-refractivity contribution in [1.82, 2.24) is 14.4 Å². The molecule has 6 nitrogen and oxygen atoms in total. The van der Waals surface area contributed by atoms with Crippen molar-refractivity contribution in [2.24, 2.45) is 5.92 Å². The third-order valence-electron chi connectivity index (χ3n) is 5.95. The predicted molar refractivity (Wildman–Crippen MR) is 112 cm³/mol. The first-order chi connectivity index (χ1) is 13.9. The molecule has 1 saturated heterocycles. The Bertz CT molecular complexity index is 974. The number of halogens is 1. The van der Waals surface area contributed by atoms with Gasteiger partial charge in [0.1, 0.15) is 6.61 Å². The van der Waals surface area contributed by atoms with Crippen molar-refractivity contribution in [2.45, 2.75) is 32.0 Å². The van der Waals surface area contributed by atoms with E-state index in [2.05, 4.69) is 4.90 Å². The van der Waals surface area contributed by atoms with Gasteiger partial charge < -0.3 is 14.6 Å². The topological polar surface area (TPSA) is 65.8 Å². The molecule has 4 rings (SSSR count). The van der Waals surface area contributed by atoms with Gasteiger partial charge in [-0.15, -0.1) is 0 Å². The van der Waals surface area contributed by atoms with Gasteiger partial charge >= 0.3 is 0 Å². The quantitative estimate of drug-likeness (QED) is 0.811. The van der Waals surface area contributed by atoms with Gasteiger partial charge in [-0.25, -0.2) is 0 Å². The number of carbonyl (C=O) groups excluding carboxylic acids is 1. The fourth-order valence-corrected chi connectivity index (χ4v) is 4.92. The molecule has 0 unspecified atom stereocenters. The van der Waals surface area contributed by atoms with Gasteiger partial charge in [0, 0.05) is 54.9 Å². The molecule has 2 bridgehead atoms. The number of aliphatic hydroxyl groups is 1. The largest absolute Gasteiger partial charge is 0.387 e. The number of aromatic nitrogens is 1. The fourth-order valence-electron chi connectivity index (χ4n) is 4.71. The first-order valence-electron chi connectivity index (χ1n) is 9.99. The van der Waals surface area contributed by atoms with Crippen LogP contribution in [0.15, 0.2) is 41.2 Å². The summed E-state index contributed by atoms with van der Waals surface area (Å²) in [6.07, 6.45) is 0.989.